The number of benzene rings is 1. The van der Waals surface area contributed by atoms with Gasteiger partial charge in [-0.05, 0) is 78.0 Å². The molecule has 1 N–H and O–H groups in total. The number of ether oxygens (including phenoxy) is 1. The van der Waals surface area contributed by atoms with Crippen LogP contribution >= 0.6 is 11.6 Å². The molecule has 1 saturated heterocycles. The van der Waals surface area contributed by atoms with Crippen molar-refractivity contribution < 1.29 is 14.1 Å². The van der Waals surface area contributed by atoms with Crippen LogP contribution < -0.4 is 4.72 Å². The Morgan fingerprint density at radius 3 is 2.41 bits per heavy atom. The second kappa shape index (κ2) is 7.95. The molecule has 1 aromatic carbocycles. The van der Waals surface area contributed by atoms with Gasteiger partial charge < -0.3 is 14.2 Å². The lowest BCUT2D eigenvalue weighted by Crippen LogP contribution is -2.51. The van der Waals surface area contributed by atoms with Crippen molar-refractivity contribution in [1.82, 2.24) is 9.62 Å². The van der Waals surface area contributed by atoms with Crippen molar-refractivity contribution in [1.29, 1.82) is 0 Å². The van der Waals surface area contributed by atoms with Crippen molar-refractivity contribution in [2.24, 2.45) is 5.41 Å². The van der Waals surface area contributed by atoms with E-state index in [0.29, 0.717) is 13.1 Å². The third-order valence-corrected chi connectivity index (χ3v) is 7.72. The molecule has 1 aliphatic heterocycles. The Morgan fingerprint density at radius 2 is 1.86 bits per heavy atom. The van der Waals surface area contributed by atoms with Crippen molar-refractivity contribution >= 4 is 29.1 Å². The number of piperidine rings is 1. The highest BCUT2D eigenvalue weighted by Gasteiger charge is 2.51. The number of amides is 1. The summed E-state index contributed by atoms with van der Waals surface area (Å²) in [6.07, 6.45) is 2.21. The van der Waals surface area contributed by atoms with Crippen molar-refractivity contribution in [3.8, 4) is 0 Å². The fraction of sp³-hybridized carbons (Fsp3) is 0.682. The molecular weight excluding hydrogens is 408 g/mol. The van der Waals surface area contributed by atoms with Crippen LogP contribution in [0, 0.1) is 5.41 Å². The normalized spacial score (nSPS) is 22.5. The summed E-state index contributed by atoms with van der Waals surface area (Å²) in [5.74, 6) is 0. The molecule has 1 amide bonds. The van der Waals surface area contributed by atoms with E-state index >= 15 is 0 Å². The Bertz CT molecular complexity index is 764. The topological polar surface area (TPSA) is 64.6 Å². The highest BCUT2D eigenvalue weighted by atomic mass is 35.5. The van der Waals surface area contributed by atoms with E-state index in [0.717, 1.165) is 35.4 Å². The standard InChI is InChI=1S/C22H33ClN2O3S/c1-20(2,3)28-19(26)25-12-10-22(11-13-25)14-16-15(8-7-9-17(16)23)18(22)24-29(27)21(4,5)6/h7-9,18,24H,10-14H2,1-6H3/t18-,29?/m0/s1. The van der Waals surface area contributed by atoms with Crippen molar-refractivity contribution in [3.05, 3.63) is 34.3 Å². The van der Waals surface area contributed by atoms with Crippen LogP contribution in [0.3, 0.4) is 0 Å². The average molecular weight is 441 g/mol. The van der Waals surface area contributed by atoms with Crippen LogP contribution in [0.4, 0.5) is 4.79 Å². The van der Waals surface area contributed by atoms with Gasteiger partial charge >= 0.3 is 6.09 Å². The summed E-state index contributed by atoms with van der Waals surface area (Å²) in [6, 6.07) is 5.93. The number of hydrogen-bond acceptors (Lipinski definition) is 4. The summed E-state index contributed by atoms with van der Waals surface area (Å²) in [7, 11) is 0. The third kappa shape index (κ3) is 4.87. The van der Waals surface area contributed by atoms with Crippen molar-refractivity contribution in [2.75, 3.05) is 13.1 Å². The predicted octanol–water partition coefficient (Wildman–Crippen LogP) is 5.01. The number of likely N-dealkylation sites (tertiary alicyclic amines) is 1. The highest BCUT2D eigenvalue weighted by Crippen LogP contribution is 2.54. The van der Waals surface area contributed by atoms with E-state index in [4.69, 9.17) is 16.3 Å². The first-order chi connectivity index (χ1) is 13.3. The average Bonchev–Trinajstić information content (AvgIpc) is 2.88. The summed E-state index contributed by atoms with van der Waals surface area (Å²) in [4.78, 5) is 14.3. The molecule has 5 nitrogen and oxygen atoms in total. The molecule has 29 heavy (non-hydrogen) atoms. The van der Waals surface area contributed by atoms with Crippen LogP contribution in [0.5, 0.6) is 0 Å². The van der Waals surface area contributed by atoms with E-state index < -0.39 is 17.0 Å². The Kier molecular flexibility index (Phi) is 6.23. The summed E-state index contributed by atoms with van der Waals surface area (Å²) in [5.41, 5.74) is 1.67. The minimum atomic E-state index is -1.20. The Hall–Kier alpha value is -0.950. The first kappa shape index (κ1) is 22.7. The zero-order valence-corrected chi connectivity index (χ0v) is 19.9. The molecule has 2 aliphatic rings. The summed E-state index contributed by atoms with van der Waals surface area (Å²) < 4.78 is 21.6. The van der Waals surface area contributed by atoms with Crippen LogP contribution in [-0.4, -0.2) is 39.0 Å². The molecule has 1 heterocycles. The predicted molar refractivity (Wildman–Crippen MR) is 118 cm³/mol. The van der Waals surface area contributed by atoms with Gasteiger partial charge in [-0.1, -0.05) is 23.7 Å². The smallest absolute Gasteiger partial charge is 0.410 e. The molecule has 1 fully saturated rings. The minimum absolute atomic E-state index is 0.0444. The molecule has 1 spiro atoms. The lowest BCUT2D eigenvalue weighted by Gasteiger charge is -2.43. The summed E-state index contributed by atoms with van der Waals surface area (Å²) in [5, 5.41) is 0.766. The van der Waals surface area contributed by atoms with Crippen molar-refractivity contribution in [2.45, 2.75) is 77.2 Å². The SMILES string of the molecule is CC(C)(C)OC(=O)N1CCC2(CC1)Cc1c(Cl)cccc1[C@@H]2N[S+]([O-])C(C)(C)C. The van der Waals surface area contributed by atoms with Gasteiger partial charge in [0.25, 0.3) is 0 Å². The number of halogens is 1. The second-order valence-corrected chi connectivity index (χ2v) is 12.7. The molecule has 1 aromatic rings. The van der Waals surface area contributed by atoms with Gasteiger partial charge in [0, 0.05) is 34.9 Å². The molecule has 1 unspecified atom stereocenters. The minimum Gasteiger partial charge on any atom is -0.598 e. The van der Waals surface area contributed by atoms with E-state index in [2.05, 4.69) is 10.8 Å². The Balaban J connectivity index is 1.82. The van der Waals surface area contributed by atoms with Gasteiger partial charge in [0.15, 0.2) is 0 Å². The fourth-order valence-corrected chi connectivity index (χ4v) is 5.41. The summed E-state index contributed by atoms with van der Waals surface area (Å²) in [6.45, 7) is 12.8. The fourth-order valence-electron chi connectivity index (χ4n) is 4.22. The molecule has 0 aromatic heterocycles. The maximum Gasteiger partial charge on any atom is 0.410 e. The zero-order chi connectivity index (χ0) is 21.6. The van der Waals surface area contributed by atoms with Crippen LogP contribution in [0.1, 0.15) is 71.6 Å². The van der Waals surface area contributed by atoms with E-state index in [1.807, 2.05) is 53.7 Å². The Labute approximate surface area is 182 Å². The van der Waals surface area contributed by atoms with Gasteiger partial charge in [0.1, 0.15) is 10.3 Å². The quantitative estimate of drug-likeness (QED) is 0.656. The van der Waals surface area contributed by atoms with Crippen molar-refractivity contribution in [3.63, 3.8) is 0 Å². The van der Waals surface area contributed by atoms with Gasteiger partial charge in [-0.2, -0.15) is 0 Å². The maximum atomic E-state index is 13.0. The van der Waals surface area contributed by atoms with E-state index in [1.54, 1.807) is 4.90 Å². The molecule has 162 valence electrons. The van der Waals surface area contributed by atoms with Crippen LogP contribution in [0.2, 0.25) is 5.02 Å². The molecule has 1 aliphatic carbocycles. The maximum absolute atomic E-state index is 13.0. The van der Waals surface area contributed by atoms with Gasteiger partial charge in [-0.15, -0.1) is 4.72 Å². The van der Waals surface area contributed by atoms with Crippen LogP contribution in [0.25, 0.3) is 0 Å². The first-order valence-electron chi connectivity index (χ1n) is 10.3. The monoisotopic (exact) mass is 440 g/mol. The second-order valence-electron chi connectivity index (χ2n) is 10.2. The highest BCUT2D eigenvalue weighted by molar-refractivity contribution is 7.90. The van der Waals surface area contributed by atoms with Crippen LogP contribution in [0.15, 0.2) is 18.2 Å². The lowest BCUT2D eigenvalue weighted by atomic mass is 9.73. The molecule has 0 radical (unpaired) electrons. The van der Waals surface area contributed by atoms with E-state index in [-0.39, 0.29) is 22.3 Å². The van der Waals surface area contributed by atoms with Gasteiger partial charge in [0.2, 0.25) is 0 Å². The zero-order valence-electron chi connectivity index (χ0n) is 18.3. The number of fused-ring (bicyclic) bond motifs is 1. The number of carbonyl (C=O) groups is 1. The van der Waals surface area contributed by atoms with E-state index in [9.17, 15) is 9.35 Å². The number of carbonyl (C=O) groups excluding carboxylic acids is 1. The Morgan fingerprint density at radius 1 is 1.24 bits per heavy atom. The number of rotatable bonds is 2. The van der Waals surface area contributed by atoms with Gasteiger partial charge in [0.05, 0.1) is 6.04 Å². The third-order valence-electron chi connectivity index (χ3n) is 5.80. The van der Waals surface area contributed by atoms with Gasteiger partial charge in [-0.3, -0.25) is 0 Å². The molecule has 3 rings (SSSR count). The number of nitrogens with one attached hydrogen (secondary N) is 1. The first-order valence-corrected chi connectivity index (χ1v) is 11.8. The molecule has 7 heteroatoms. The molecule has 0 bridgehead atoms. The van der Waals surface area contributed by atoms with Gasteiger partial charge in [-0.25, -0.2) is 4.79 Å². The lowest BCUT2D eigenvalue weighted by molar-refractivity contribution is 0.00716. The number of nitrogens with zero attached hydrogens (tertiary/aromatic N) is 1. The molecular formula is C22H33ClN2O3S. The van der Waals surface area contributed by atoms with E-state index in [1.165, 1.54) is 0 Å². The molecule has 2 atom stereocenters. The van der Waals surface area contributed by atoms with Crippen LogP contribution in [-0.2, 0) is 22.5 Å². The largest absolute Gasteiger partial charge is 0.598 e. The molecule has 0 saturated carbocycles. The summed E-state index contributed by atoms with van der Waals surface area (Å²) >= 11 is 5.33. The number of hydrogen-bond donors (Lipinski definition) is 1.